The first-order valence-corrected chi connectivity index (χ1v) is 11.5. The summed E-state index contributed by atoms with van der Waals surface area (Å²) in [6.07, 6.45) is -3.58. The number of rotatable bonds is 7. The summed E-state index contributed by atoms with van der Waals surface area (Å²) in [5, 5.41) is 2.98. The predicted octanol–water partition coefficient (Wildman–Crippen LogP) is 4.08. The standard InChI is InChI=1S/C25H24ClF2N3O5/c1-14(32)17-11-30(20-9-4-3-7-16(17)20)13-21(33)31-12-19(27)23(35-2)24(31)36-25(34)29-10-15-6-5-8-18(26)22(15)28/h3-9,11,19,23-24H,10,12-13H2,1-2H3,(H,29,34)/t19-,23+,24-/m0/s1. The fraction of sp³-hybridized carbons (Fsp3) is 0.320. The van der Waals surface area contributed by atoms with E-state index < -0.39 is 36.3 Å². The van der Waals surface area contributed by atoms with Crippen LogP contribution in [0.2, 0.25) is 5.02 Å². The highest BCUT2D eigenvalue weighted by molar-refractivity contribution is 6.30. The number of para-hydroxylation sites is 1. The zero-order chi connectivity index (χ0) is 26.0. The Kier molecular flexibility index (Phi) is 7.56. The van der Waals surface area contributed by atoms with Crippen LogP contribution in [0, 0.1) is 5.82 Å². The fourth-order valence-corrected chi connectivity index (χ4v) is 4.48. The lowest BCUT2D eigenvalue weighted by Gasteiger charge is -2.27. The normalized spacial score (nSPS) is 19.5. The van der Waals surface area contributed by atoms with Crippen LogP contribution in [0.5, 0.6) is 0 Å². The Hall–Kier alpha value is -3.50. The minimum absolute atomic E-state index is 0.0968. The van der Waals surface area contributed by atoms with E-state index in [1.807, 2.05) is 0 Å². The van der Waals surface area contributed by atoms with Crippen LogP contribution in [0.25, 0.3) is 10.9 Å². The van der Waals surface area contributed by atoms with Gasteiger partial charge < -0.3 is 24.3 Å². The molecular weight excluding hydrogens is 496 g/mol. The molecule has 8 nitrogen and oxygen atoms in total. The second kappa shape index (κ2) is 10.6. The average Bonchev–Trinajstić information content (AvgIpc) is 3.37. The van der Waals surface area contributed by atoms with E-state index in [1.54, 1.807) is 35.0 Å². The van der Waals surface area contributed by atoms with E-state index in [0.29, 0.717) is 16.5 Å². The molecule has 0 unspecified atom stereocenters. The van der Waals surface area contributed by atoms with Gasteiger partial charge in [0, 0.05) is 41.9 Å². The summed E-state index contributed by atoms with van der Waals surface area (Å²) in [4.78, 5) is 38.8. The van der Waals surface area contributed by atoms with E-state index in [4.69, 9.17) is 21.1 Å². The maximum Gasteiger partial charge on any atom is 0.409 e. The van der Waals surface area contributed by atoms with Crippen molar-refractivity contribution in [3.63, 3.8) is 0 Å². The van der Waals surface area contributed by atoms with Crippen molar-refractivity contribution in [3.8, 4) is 0 Å². The van der Waals surface area contributed by atoms with Crippen molar-refractivity contribution in [3.05, 3.63) is 70.6 Å². The summed E-state index contributed by atoms with van der Waals surface area (Å²) in [5.74, 6) is -1.37. The van der Waals surface area contributed by atoms with E-state index in [0.717, 1.165) is 4.90 Å². The van der Waals surface area contributed by atoms with Crippen molar-refractivity contribution in [1.29, 1.82) is 0 Å². The van der Waals surface area contributed by atoms with Crippen LogP contribution in [0.4, 0.5) is 13.6 Å². The number of halogens is 3. The number of benzene rings is 2. The van der Waals surface area contributed by atoms with E-state index >= 15 is 0 Å². The van der Waals surface area contributed by atoms with Gasteiger partial charge in [-0.25, -0.2) is 13.6 Å². The topological polar surface area (TPSA) is 89.9 Å². The van der Waals surface area contributed by atoms with Gasteiger partial charge in [0.2, 0.25) is 12.1 Å². The Labute approximate surface area is 210 Å². The highest BCUT2D eigenvalue weighted by Gasteiger charge is 2.47. The molecule has 0 saturated carbocycles. The third-order valence-corrected chi connectivity index (χ3v) is 6.36. The summed E-state index contributed by atoms with van der Waals surface area (Å²) in [7, 11) is 1.25. The van der Waals surface area contributed by atoms with Crippen molar-refractivity contribution < 1.29 is 32.6 Å². The second-order valence-electron chi connectivity index (χ2n) is 8.37. The number of ketones is 1. The summed E-state index contributed by atoms with van der Waals surface area (Å²) < 4.78 is 40.9. The molecule has 2 amide bonds. The Morgan fingerprint density at radius 2 is 1.92 bits per heavy atom. The number of carbonyl (C=O) groups is 3. The summed E-state index contributed by atoms with van der Waals surface area (Å²) in [5.41, 5.74) is 1.25. The van der Waals surface area contributed by atoms with Gasteiger partial charge in [-0.1, -0.05) is 41.9 Å². The number of hydrogen-bond acceptors (Lipinski definition) is 5. The van der Waals surface area contributed by atoms with Gasteiger partial charge in [-0.3, -0.25) is 9.59 Å². The number of amides is 2. The van der Waals surface area contributed by atoms with Crippen molar-refractivity contribution >= 4 is 40.3 Å². The molecule has 1 fully saturated rings. The molecule has 190 valence electrons. The molecule has 0 bridgehead atoms. The van der Waals surface area contributed by atoms with Crippen LogP contribution in [0.1, 0.15) is 22.8 Å². The molecule has 0 spiro atoms. The third kappa shape index (κ3) is 5.05. The minimum atomic E-state index is -1.60. The van der Waals surface area contributed by atoms with Crippen molar-refractivity contribution in [1.82, 2.24) is 14.8 Å². The van der Waals surface area contributed by atoms with Gasteiger partial charge in [-0.15, -0.1) is 0 Å². The third-order valence-electron chi connectivity index (χ3n) is 6.06. The number of alkyl halides is 1. The Bertz CT molecular complexity index is 1310. The molecule has 3 atom stereocenters. The molecular formula is C25H24ClF2N3O5. The van der Waals surface area contributed by atoms with Crippen LogP contribution in [-0.2, 0) is 27.4 Å². The summed E-state index contributed by atoms with van der Waals surface area (Å²) >= 11 is 5.75. The van der Waals surface area contributed by atoms with Crippen LogP contribution >= 0.6 is 11.6 Å². The number of methoxy groups -OCH3 is 1. The predicted molar refractivity (Wildman–Crippen MR) is 128 cm³/mol. The molecule has 4 rings (SSSR count). The lowest BCUT2D eigenvalue weighted by Crippen LogP contribution is -2.46. The highest BCUT2D eigenvalue weighted by Crippen LogP contribution is 2.27. The smallest absolute Gasteiger partial charge is 0.409 e. The number of likely N-dealkylation sites (tertiary alicyclic amines) is 1. The molecule has 2 aromatic carbocycles. The Morgan fingerprint density at radius 1 is 1.17 bits per heavy atom. The first kappa shape index (κ1) is 25.6. The first-order chi connectivity index (χ1) is 17.2. The Morgan fingerprint density at radius 3 is 2.64 bits per heavy atom. The lowest BCUT2D eigenvalue weighted by molar-refractivity contribution is -0.143. The molecule has 0 aliphatic carbocycles. The van der Waals surface area contributed by atoms with E-state index in [9.17, 15) is 23.2 Å². The van der Waals surface area contributed by atoms with Gasteiger partial charge in [0.1, 0.15) is 24.6 Å². The number of aromatic nitrogens is 1. The van der Waals surface area contributed by atoms with E-state index in [2.05, 4.69) is 5.32 Å². The maximum atomic E-state index is 14.7. The van der Waals surface area contributed by atoms with Crippen LogP contribution in [0.3, 0.4) is 0 Å². The molecule has 3 aromatic rings. The zero-order valence-corrected chi connectivity index (χ0v) is 20.3. The van der Waals surface area contributed by atoms with E-state index in [1.165, 1.54) is 32.2 Å². The fourth-order valence-electron chi connectivity index (χ4n) is 4.29. The number of ether oxygens (including phenoxy) is 2. The van der Waals surface area contributed by atoms with Crippen molar-refractivity contribution in [2.24, 2.45) is 0 Å². The molecule has 1 N–H and O–H groups in total. The summed E-state index contributed by atoms with van der Waals surface area (Å²) in [6.45, 7) is 0.637. The largest absolute Gasteiger partial charge is 0.422 e. The molecule has 36 heavy (non-hydrogen) atoms. The van der Waals surface area contributed by atoms with Crippen LogP contribution in [0.15, 0.2) is 48.7 Å². The first-order valence-electron chi connectivity index (χ1n) is 11.1. The summed E-state index contributed by atoms with van der Waals surface area (Å²) in [6, 6.07) is 11.5. The molecule has 11 heteroatoms. The number of nitrogens with zero attached hydrogens (tertiary/aromatic N) is 2. The van der Waals surface area contributed by atoms with Gasteiger partial charge >= 0.3 is 6.09 Å². The van der Waals surface area contributed by atoms with Crippen LogP contribution < -0.4 is 5.32 Å². The quantitative estimate of drug-likeness (QED) is 0.475. The number of nitrogens with one attached hydrogen (secondary N) is 1. The molecule has 1 saturated heterocycles. The minimum Gasteiger partial charge on any atom is -0.422 e. The average molecular weight is 520 g/mol. The molecule has 2 heterocycles. The Balaban J connectivity index is 1.50. The molecule has 1 aliphatic heterocycles. The van der Waals surface area contributed by atoms with E-state index in [-0.39, 0.29) is 36.0 Å². The number of Topliss-reactive ketones (excluding diaryl/α,β-unsaturated/α-hetero) is 1. The van der Waals surface area contributed by atoms with Gasteiger partial charge in [-0.2, -0.15) is 0 Å². The number of hydrogen-bond donors (Lipinski definition) is 1. The number of alkyl carbamates (subject to hydrolysis) is 1. The van der Waals surface area contributed by atoms with Crippen molar-refractivity contribution in [2.45, 2.75) is 38.5 Å². The molecule has 1 aromatic heterocycles. The number of carbonyl (C=O) groups excluding carboxylic acids is 3. The molecule has 1 aliphatic rings. The van der Waals surface area contributed by atoms with Gasteiger partial charge in [0.15, 0.2) is 5.78 Å². The zero-order valence-electron chi connectivity index (χ0n) is 19.5. The molecule has 0 radical (unpaired) electrons. The highest BCUT2D eigenvalue weighted by atomic mass is 35.5. The van der Waals surface area contributed by atoms with Gasteiger partial charge in [-0.05, 0) is 19.1 Å². The van der Waals surface area contributed by atoms with Crippen molar-refractivity contribution in [2.75, 3.05) is 13.7 Å². The van der Waals surface area contributed by atoms with Gasteiger partial charge in [0.25, 0.3) is 0 Å². The monoisotopic (exact) mass is 519 g/mol. The second-order valence-corrected chi connectivity index (χ2v) is 8.78. The van der Waals surface area contributed by atoms with Crippen LogP contribution in [-0.4, -0.2) is 59.4 Å². The SMILES string of the molecule is CO[C@@H]1[C@@H](F)CN(C(=O)Cn2cc(C(C)=O)c3ccccc32)[C@H]1OC(=O)NCc1cccc(Cl)c1F. The van der Waals surface area contributed by atoms with Gasteiger partial charge in [0.05, 0.1) is 11.6 Å². The maximum absolute atomic E-state index is 14.7. The lowest BCUT2D eigenvalue weighted by atomic mass is 10.1. The number of fused-ring (bicyclic) bond motifs is 1.